The fourth-order valence-electron chi connectivity index (χ4n) is 2.08. The summed E-state index contributed by atoms with van der Waals surface area (Å²) >= 11 is 3.19. The van der Waals surface area contributed by atoms with Crippen LogP contribution in [0.3, 0.4) is 0 Å². The van der Waals surface area contributed by atoms with Crippen molar-refractivity contribution in [2.45, 2.75) is 0 Å². The monoisotopic (exact) mass is 412 g/mol. The van der Waals surface area contributed by atoms with Crippen molar-refractivity contribution in [1.82, 2.24) is 0 Å². The molecular formula is C14H9Cl3Te. The average Bonchev–Trinajstić information content (AvgIpc) is 2.59. The average molecular weight is 411 g/mol. The van der Waals surface area contributed by atoms with Crippen LogP contribution in [0.25, 0.3) is 8.65 Å². The van der Waals surface area contributed by atoms with Crippen molar-refractivity contribution in [3.05, 3.63) is 65.7 Å². The summed E-state index contributed by atoms with van der Waals surface area (Å²) in [4.78, 5) is 0. The Morgan fingerprint density at radius 2 is 1.39 bits per heavy atom. The van der Waals surface area contributed by atoms with Gasteiger partial charge >= 0.3 is 123 Å². The van der Waals surface area contributed by atoms with E-state index in [1.807, 2.05) is 54.6 Å². The summed E-state index contributed by atoms with van der Waals surface area (Å²) < 4.78 is 1.98. The normalized spacial score (nSPS) is 18.6. The summed E-state index contributed by atoms with van der Waals surface area (Å²) in [7, 11) is 13.4. The molecule has 0 amide bonds. The first-order valence-electron chi connectivity index (χ1n) is 5.39. The van der Waals surface area contributed by atoms with E-state index in [2.05, 4.69) is 0 Å². The van der Waals surface area contributed by atoms with Crippen LogP contribution in [0.5, 0.6) is 0 Å². The maximum absolute atomic E-state index is 6.71. The van der Waals surface area contributed by atoms with Gasteiger partial charge in [-0.15, -0.1) is 0 Å². The van der Waals surface area contributed by atoms with Gasteiger partial charge in [-0.1, -0.05) is 0 Å². The third kappa shape index (κ3) is 1.90. The van der Waals surface area contributed by atoms with Gasteiger partial charge in [0, 0.05) is 0 Å². The Labute approximate surface area is 122 Å². The minimum atomic E-state index is -3.30. The molecule has 3 rings (SSSR count). The van der Waals surface area contributed by atoms with Crippen molar-refractivity contribution >= 4 is 57.7 Å². The first kappa shape index (κ1) is 12.9. The maximum atomic E-state index is 6.71. The summed E-state index contributed by atoms with van der Waals surface area (Å²) in [5.74, 6) is 0. The molecular weight excluding hydrogens is 402 g/mol. The van der Waals surface area contributed by atoms with Crippen molar-refractivity contribution in [2.75, 3.05) is 0 Å². The zero-order chi connectivity index (χ0) is 12.8. The third-order valence-electron chi connectivity index (χ3n) is 2.89. The predicted octanol–water partition coefficient (Wildman–Crippen LogP) is 4.47. The van der Waals surface area contributed by atoms with Crippen molar-refractivity contribution in [3.8, 4) is 0 Å². The van der Waals surface area contributed by atoms with Crippen LogP contribution in [0.2, 0.25) is 0 Å². The first-order chi connectivity index (χ1) is 8.62. The van der Waals surface area contributed by atoms with Crippen LogP contribution < -0.4 is 3.61 Å². The molecule has 2 aromatic rings. The van der Waals surface area contributed by atoms with Crippen LogP contribution in [0.4, 0.5) is 0 Å². The van der Waals surface area contributed by atoms with Crippen LogP contribution in [0.1, 0.15) is 11.1 Å². The quantitative estimate of drug-likeness (QED) is 0.608. The number of benzene rings is 2. The number of rotatable bonds is 1. The van der Waals surface area contributed by atoms with Gasteiger partial charge in [0.05, 0.1) is 0 Å². The summed E-state index contributed by atoms with van der Waals surface area (Å²) in [6, 6.07) is 17.8. The zero-order valence-corrected chi connectivity index (χ0v) is 13.8. The van der Waals surface area contributed by atoms with Crippen molar-refractivity contribution < 1.29 is 0 Å². The molecule has 0 aromatic heterocycles. The Kier molecular flexibility index (Phi) is 3.39. The molecule has 0 atom stereocenters. The van der Waals surface area contributed by atoms with Gasteiger partial charge in [0.25, 0.3) is 0 Å². The third-order valence-corrected chi connectivity index (χ3v) is 13.2. The number of hydrogen-bond acceptors (Lipinski definition) is 0. The standard InChI is InChI=1S/C14H9Cl3Te/c15-13-11-8-4-5-9-12(11)18(16,17)14(13)10-6-2-1-3-7-10/h1-9H. The van der Waals surface area contributed by atoms with Crippen molar-refractivity contribution in [3.63, 3.8) is 0 Å². The molecule has 0 nitrogen and oxygen atoms in total. The van der Waals surface area contributed by atoms with Crippen molar-refractivity contribution in [2.24, 2.45) is 0 Å². The summed E-state index contributed by atoms with van der Waals surface area (Å²) in [5.41, 5.74) is 2.02. The number of fused-ring (bicyclic) bond motifs is 1. The topological polar surface area (TPSA) is 0 Å². The van der Waals surface area contributed by atoms with E-state index in [1.54, 1.807) is 0 Å². The molecule has 1 aliphatic rings. The predicted molar refractivity (Wildman–Crippen MR) is 82.6 cm³/mol. The molecule has 18 heavy (non-hydrogen) atoms. The Hall–Kier alpha value is -0.160. The van der Waals surface area contributed by atoms with E-state index in [0.29, 0.717) is 5.03 Å². The first-order valence-corrected chi connectivity index (χ1v) is 14.0. The molecule has 0 saturated heterocycles. The SMILES string of the molecule is ClC1=C(c2ccccc2)[Te](Cl)(Cl)c2ccccc21. The molecule has 4 heteroatoms. The molecule has 0 unspecified atom stereocenters. The molecule has 0 bridgehead atoms. The van der Waals surface area contributed by atoms with E-state index < -0.39 is 15.9 Å². The van der Waals surface area contributed by atoms with Crippen molar-refractivity contribution in [1.29, 1.82) is 0 Å². The minimum absolute atomic E-state index is 0.711. The molecule has 2 aromatic carbocycles. The van der Waals surface area contributed by atoms with Crippen LogP contribution in [-0.4, -0.2) is 15.9 Å². The molecule has 0 fully saturated rings. The van der Waals surface area contributed by atoms with E-state index in [0.717, 1.165) is 18.4 Å². The second-order valence-corrected chi connectivity index (χ2v) is 16.7. The van der Waals surface area contributed by atoms with Crippen LogP contribution in [-0.2, 0) is 0 Å². The molecule has 0 saturated carbocycles. The molecule has 92 valence electrons. The van der Waals surface area contributed by atoms with Crippen LogP contribution in [0.15, 0.2) is 54.6 Å². The molecule has 0 radical (unpaired) electrons. The Morgan fingerprint density at radius 3 is 2.06 bits per heavy atom. The van der Waals surface area contributed by atoms with E-state index in [9.17, 15) is 0 Å². The summed E-state index contributed by atoms with van der Waals surface area (Å²) in [6.07, 6.45) is 0. The van der Waals surface area contributed by atoms with Gasteiger partial charge in [0.15, 0.2) is 0 Å². The zero-order valence-electron chi connectivity index (χ0n) is 9.24. The van der Waals surface area contributed by atoms with Gasteiger partial charge in [-0.2, -0.15) is 0 Å². The van der Waals surface area contributed by atoms with Gasteiger partial charge in [0.1, 0.15) is 0 Å². The fraction of sp³-hybridized carbons (Fsp3) is 0. The van der Waals surface area contributed by atoms with Gasteiger partial charge < -0.3 is 0 Å². The van der Waals surface area contributed by atoms with E-state index in [1.165, 1.54) is 0 Å². The van der Waals surface area contributed by atoms with Gasteiger partial charge in [-0.3, -0.25) is 0 Å². The van der Waals surface area contributed by atoms with Crippen LogP contribution in [0, 0.1) is 0 Å². The molecule has 1 aliphatic heterocycles. The molecule has 0 aliphatic carbocycles. The fourth-order valence-corrected chi connectivity index (χ4v) is 12.7. The van der Waals surface area contributed by atoms with E-state index >= 15 is 0 Å². The van der Waals surface area contributed by atoms with E-state index in [-0.39, 0.29) is 0 Å². The summed E-state index contributed by atoms with van der Waals surface area (Å²) in [6.45, 7) is 0. The second kappa shape index (κ2) is 4.74. The molecule has 1 heterocycles. The second-order valence-electron chi connectivity index (χ2n) is 3.97. The molecule has 0 spiro atoms. The number of hydrogen-bond donors (Lipinski definition) is 0. The Balaban J connectivity index is 2.26. The summed E-state index contributed by atoms with van der Waals surface area (Å²) in [5, 5.41) is 0.711. The van der Waals surface area contributed by atoms with Gasteiger partial charge in [0.2, 0.25) is 0 Å². The Bertz CT molecular complexity index is 632. The number of halogens is 3. The van der Waals surface area contributed by atoms with Gasteiger partial charge in [-0.25, -0.2) is 0 Å². The van der Waals surface area contributed by atoms with E-state index in [4.69, 9.17) is 29.5 Å². The Morgan fingerprint density at radius 1 is 0.778 bits per heavy atom. The van der Waals surface area contributed by atoms with Crippen LogP contribution >= 0.6 is 29.5 Å². The molecule has 0 N–H and O–H groups in total. The van der Waals surface area contributed by atoms with Gasteiger partial charge in [-0.05, 0) is 0 Å².